The lowest BCUT2D eigenvalue weighted by atomic mass is 10.1. The fourth-order valence-corrected chi connectivity index (χ4v) is 1.93. The van der Waals surface area contributed by atoms with Crippen LogP contribution in [0.1, 0.15) is 6.42 Å². The van der Waals surface area contributed by atoms with Crippen molar-refractivity contribution in [2.75, 3.05) is 18.6 Å². The average molecular weight is 237 g/mol. The number of rotatable bonds is 2. The molecule has 1 saturated heterocycles. The number of carbonyl (C=O) groups excluding carboxylic acids is 2. The van der Waals surface area contributed by atoms with Crippen molar-refractivity contribution in [1.29, 1.82) is 0 Å². The van der Waals surface area contributed by atoms with Gasteiger partial charge in [-0.15, -0.1) is 0 Å². The molecule has 17 heavy (non-hydrogen) atoms. The molecule has 1 aromatic carbocycles. The molecule has 90 valence electrons. The molecule has 0 aromatic heterocycles. The maximum absolute atomic E-state index is 13.0. The first-order valence-electron chi connectivity index (χ1n) is 5.25. The Balaban J connectivity index is 2.18. The predicted octanol–water partition coefficient (Wildman–Crippen LogP) is 1.35. The van der Waals surface area contributed by atoms with Crippen LogP contribution in [0.2, 0.25) is 0 Å². The van der Waals surface area contributed by atoms with Crippen LogP contribution >= 0.6 is 0 Å². The van der Waals surface area contributed by atoms with Crippen LogP contribution in [0.3, 0.4) is 0 Å². The first kappa shape index (κ1) is 11.6. The van der Waals surface area contributed by atoms with Gasteiger partial charge in [-0.2, -0.15) is 0 Å². The summed E-state index contributed by atoms with van der Waals surface area (Å²) in [5.74, 6) is -1.46. The normalized spacial score (nSPS) is 19.5. The highest BCUT2D eigenvalue weighted by Crippen LogP contribution is 2.26. The van der Waals surface area contributed by atoms with Crippen molar-refractivity contribution < 1.29 is 18.7 Å². The summed E-state index contributed by atoms with van der Waals surface area (Å²) >= 11 is 0. The molecule has 0 N–H and O–H groups in total. The number of nitrogens with zero attached hydrogens (tertiary/aromatic N) is 1. The zero-order valence-corrected chi connectivity index (χ0v) is 9.35. The second-order valence-corrected chi connectivity index (χ2v) is 3.91. The maximum atomic E-state index is 13.0. The van der Waals surface area contributed by atoms with Gasteiger partial charge in [0.25, 0.3) is 0 Å². The third-order valence-electron chi connectivity index (χ3n) is 2.78. The highest BCUT2D eigenvalue weighted by atomic mass is 19.1. The van der Waals surface area contributed by atoms with E-state index in [0.717, 1.165) is 0 Å². The van der Waals surface area contributed by atoms with Gasteiger partial charge < -0.3 is 9.64 Å². The van der Waals surface area contributed by atoms with Gasteiger partial charge in [-0.25, -0.2) is 4.39 Å². The summed E-state index contributed by atoms with van der Waals surface area (Å²) in [7, 11) is 1.29. The molecule has 0 aliphatic carbocycles. The minimum Gasteiger partial charge on any atom is -0.469 e. The minimum atomic E-state index is -0.462. The summed E-state index contributed by atoms with van der Waals surface area (Å²) in [6.45, 7) is 0.245. The van der Waals surface area contributed by atoms with Crippen LogP contribution in [0.15, 0.2) is 24.3 Å². The monoisotopic (exact) mass is 237 g/mol. The van der Waals surface area contributed by atoms with E-state index < -0.39 is 17.7 Å². The number of esters is 1. The van der Waals surface area contributed by atoms with E-state index >= 15 is 0 Å². The predicted molar refractivity (Wildman–Crippen MR) is 58.9 cm³/mol. The average Bonchev–Trinajstić information content (AvgIpc) is 2.70. The largest absolute Gasteiger partial charge is 0.469 e. The Labute approximate surface area is 98.0 Å². The number of anilines is 1. The van der Waals surface area contributed by atoms with Crippen molar-refractivity contribution in [3.63, 3.8) is 0 Å². The lowest BCUT2D eigenvalue weighted by Gasteiger charge is -2.16. The van der Waals surface area contributed by atoms with Gasteiger partial charge in [-0.05, 0) is 18.2 Å². The van der Waals surface area contributed by atoms with Crippen molar-refractivity contribution in [2.24, 2.45) is 5.92 Å². The van der Waals surface area contributed by atoms with Gasteiger partial charge in [-0.1, -0.05) is 6.07 Å². The third-order valence-corrected chi connectivity index (χ3v) is 2.78. The third kappa shape index (κ3) is 2.27. The van der Waals surface area contributed by atoms with Gasteiger partial charge in [-0.3, -0.25) is 9.59 Å². The summed E-state index contributed by atoms with van der Waals surface area (Å²) in [5.41, 5.74) is 0.474. The fourth-order valence-electron chi connectivity index (χ4n) is 1.93. The van der Waals surface area contributed by atoms with Crippen molar-refractivity contribution in [2.45, 2.75) is 6.42 Å². The number of methoxy groups -OCH3 is 1. The van der Waals surface area contributed by atoms with Gasteiger partial charge in [0, 0.05) is 18.7 Å². The summed E-state index contributed by atoms with van der Waals surface area (Å²) in [5, 5.41) is 0. The Kier molecular flexibility index (Phi) is 3.08. The van der Waals surface area contributed by atoms with Crippen LogP contribution in [-0.2, 0) is 14.3 Å². The van der Waals surface area contributed by atoms with E-state index in [9.17, 15) is 14.0 Å². The molecular formula is C12H12FNO3. The standard InChI is InChI=1S/C12H12FNO3/c1-17-12(16)8-5-11(15)14(7-8)10-4-2-3-9(13)6-10/h2-4,6,8H,5,7H2,1H3/t8-/m0/s1. The smallest absolute Gasteiger partial charge is 0.311 e. The van der Waals surface area contributed by atoms with E-state index in [4.69, 9.17) is 0 Å². The van der Waals surface area contributed by atoms with Crippen molar-refractivity contribution in [3.8, 4) is 0 Å². The van der Waals surface area contributed by atoms with Crippen LogP contribution < -0.4 is 4.90 Å². The first-order chi connectivity index (χ1) is 8.11. The number of hydrogen-bond acceptors (Lipinski definition) is 3. The van der Waals surface area contributed by atoms with E-state index in [-0.39, 0.29) is 18.9 Å². The van der Waals surface area contributed by atoms with Crippen molar-refractivity contribution in [1.82, 2.24) is 0 Å². The van der Waals surface area contributed by atoms with Crippen LogP contribution in [0.5, 0.6) is 0 Å². The Morgan fingerprint density at radius 2 is 2.29 bits per heavy atom. The van der Waals surface area contributed by atoms with E-state index in [0.29, 0.717) is 5.69 Å². The molecule has 5 heteroatoms. The molecule has 1 atom stereocenters. The highest BCUT2D eigenvalue weighted by Gasteiger charge is 2.35. The molecule has 2 rings (SSSR count). The summed E-state index contributed by atoms with van der Waals surface area (Å²) in [6, 6.07) is 5.75. The number of benzene rings is 1. The number of hydrogen-bond donors (Lipinski definition) is 0. The van der Waals surface area contributed by atoms with E-state index in [1.807, 2.05) is 0 Å². The quantitative estimate of drug-likeness (QED) is 0.729. The molecule has 0 bridgehead atoms. The number of ether oxygens (including phenoxy) is 1. The molecule has 1 aromatic rings. The first-order valence-corrected chi connectivity index (χ1v) is 5.25. The van der Waals surface area contributed by atoms with Gasteiger partial charge in [0.1, 0.15) is 5.82 Å². The summed E-state index contributed by atoms with van der Waals surface area (Å²) in [4.78, 5) is 24.4. The van der Waals surface area contributed by atoms with Gasteiger partial charge in [0.05, 0.1) is 13.0 Å². The van der Waals surface area contributed by atoms with Crippen LogP contribution in [0.25, 0.3) is 0 Å². The van der Waals surface area contributed by atoms with E-state index in [1.54, 1.807) is 6.07 Å². The number of amides is 1. The number of halogens is 1. The SMILES string of the molecule is COC(=O)[C@H]1CC(=O)N(c2cccc(F)c2)C1. The van der Waals surface area contributed by atoms with Crippen LogP contribution in [-0.4, -0.2) is 25.5 Å². The Hall–Kier alpha value is -1.91. The van der Waals surface area contributed by atoms with Crippen molar-refractivity contribution >= 4 is 17.6 Å². The lowest BCUT2D eigenvalue weighted by Crippen LogP contribution is -2.26. The summed E-state index contributed by atoms with van der Waals surface area (Å²) < 4.78 is 17.6. The molecule has 0 spiro atoms. The molecule has 1 aliphatic rings. The molecule has 1 aliphatic heterocycles. The van der Waals surface area contributed by atoms with Gasteiger partial charge in [0.15, 0.2) is 0 Å². The highest BCUT2D eigenvalue weighted by molar-refractivity contribution is 5.99. The van der Waals surface area contributed by atoms with Crippen molar-refractivity contribution in [3.05, 3.63) is 30.1 Å². The maximum Gasteiger partial charge on any atom is 0.311 e. The molecule has 0 unspecified atom stereocenters. The Bertz CT molecular complexity index is 461. The Morgan fingerprint density at radius 1 is 1.53 bits per heavy atom. The second-order valence-electron chi connectivity index (χ2n) is 3.91. The minimum absolute atomic E-state index is 0.114. The van der Waals surface area contributed by atoms with E-state index in [1.165, 1.54) is 30.2 Å². The molecule has 0 saturated carbocycles. The van der Waals surface area contributed by atoms with Gasteiger partial charge in [0.2, 0.25) is 5.91 Å². The van der Waals surface area contributed by atoms with Crippen LogP contribution in [0, 0.1) is 11.7 Å². The van der Waals surface area contributed by atoms with Crippen LogP contribution in [0.4, 0.5) is 10.1 Å². The molecule has 1 heterocycles. The fraction of sp³-hybridized carbons (Fsp3) is 0.333. The number of carbonyl (C=O) groups is 2. The molecular weight excluding hydrogens is 225 g/mol. The second kappa shape index (κ2) is 4.53. The molecule has 0 radical (unpaired) electrons. The lowest BCUT2D eigenvalue weighted by molar-refractivity contribution is -0.145. The summed E-state index contributed by atoms with van der Waals surface area (Å²) in [6.07, 6.45) is 0.114. The molecule has 4 nitrogen and oxygen atoms in total. The molecule has 1 fully saturated rings. The van der Waals surface area contributed by atoms with Gasteiger partial charge >= 0.3 is 5.97 Å². The topological polar surface area (TPSA) is 46.6 Å². The van der Waals surface area contributed by atoms with E-state index in [2.05, 4.69) is 4.74 Å². The Morgan fingerprint density at radius 3 is 2.94 bits per heavy atom. The molecule has 1 amide bonds. The zero-order chi connectivity index (χ0) is 12.4. The zero-order valence-electron chi connectivity index (χ0n) is 9.35.